The Balaban J connectivity index is 1.64. The molecule has 1 fully saturated rings. The summed E-state index contributed by atoms with van der Waals surface area (Å²) in [5.74, 6) is 1.53. The molecule has 4 aromatic rings. The van der Waals surface area contributed by atoms with Crippen LogP contribution >= 0.6 is 0 Å². The van der Waals surface area contributed by atoms with E-state index < -0.39 is 9.84 Å². The number of pyridine rings is 1. The van der Waals surface area contributed by atoms with E-state index in [-0.39, 0.29) is 23.5 Å². The van der Waals surface area contributed by atoms with Crippen molar-refractivity contribution in [2.24, 2.45) is 0 Å². The minimum Gasteiger partial charge on any atom is -0.494 e. The summed E-state index contributed by atoms with van der Waals surface area (Å²) in [7, 11) is -0.0592. The van der Waals surface area contributed by atoms with Crippen LogP contribution in [0.1, 0.15) is 35.4 Å². The summed E-state index contributed by atoms with van der Waals surface area (Å²) < 4.78 is 42.5. The first-order valence-electron chi connectivity index (χ1n) is 12.6. The summed E-state index contributed by atoms with van der Waals surface area (Å²) in [5.41, 5.74) is 3.25. The van der Waals surface area contributed by atoms with Crippen molar-refractivity contribution in [2.45, 2.75) is 26.3 Å². The first kappa shape index (κ1) is 26.5. The van der Waals surface area contributed by atoms with Crippen LogP contribution in [-0.4, -0.2) is 61.4 Å². The van der Waals surface area contributed by atoms with Crippen LogP contribution in [0.2, 0.25) is 0 Å². The highest BCUT2D eigenvalue weighted by Gasteiger charge is 2.32. The average molecular weight is 551 g/mol. The summed E-state index contributed by atoms with van der Waals surface area (Å²) in [6.07, 6.45) is 0.439. The number of anilines is 1. The minimum atomic E-state index is -3.17. The number of aromatic nitrogens is 3. The van der Waals surface area contributed by atoms with Crippen LogP contribution in [0.15, 0.2) is 48.5 Å². The van der Waals surface area contributed by atoms with Gasteiger partial charge in [-0.1, -0.05) is 0 Å². The van der Waals surface area contributed by atoms with Gasteiger partial charge in [-0.2, -0.15) is 5.10 Å². The summed E-state index contributed by atoms with van der Waals surface area (Å²) in [6, 6.07) is 13.9. The maximum absolute atomic E-state index is 13.7. The fourth-order valence-corrected chi connectivity index (χ4v) is 6.55. The quantitative estimate of drug-likeness (QED) is 0.342. The number of carbonyl (C=O) groups excluding carboxylic acids is 1. The van der Waals surface area contributed by atoms with Gasteiger partial charge in [0, 0.05) is 11.3 Å². The van der Waals surface area contributed by atoms with Gasteiger partial charge < -0.3 is 19.5 Å². The Morgan fingerprint density at radius 2 is 1.82 bits per heavy atom. The molecule has 1 amide bonds. The Morgan fingerprint density at radius 3 is 2.46 bits per heavy atom. The zero-order valence-electron chi connectivity index (χ0n) is 22.2. The van der Waals surface area contributed by atoms with Gasteiger partial charge >= 0.3 is 0 Å². The molecule has 1 saturated heterocycles. The second-order valence-electron chi connectivity index (χ2n) is 9.32. The maximum atomic E-state index is 13.7. The van der Waals surface area contributed by atoms with Gasteiger partial charge in [0.05, 0.1) is 60.7 Å². The molecule has 204 valence electrons. The van der Waals surface area contributed by atoms with E-state index in [9.17, 15) is 13.2 Å². The molecule has 2 aromatic heterocycles. The second-order valence-corrected chi connectivity index (χ2v) is 11.6. The first-order valence-corrected chi connectivity index (χ1v) is 14.4. The van der Waals surface area contributed by atoms with Crippen LogP contribution in [0.25, 0.3) is 22.3 Å². The van der Waals surface area contributed by atoms with Crippen LogP contribution in [0.4, 0.5) is 5.69 Å². The van der Waals surface area contributed by atoms with E-state index >= 15 is 0 Å². The Labute approximate surface area is 226 Å². The molecule has 5 rings (SSSR count). The number of hydrogen-bond acceptors (Lipinski definition) is 8. The Kier molecular flexibility index (Phi) is 7.17. The van der Waals surface area contributed by atoms with Gasteiger partial charge in [0.15, 0.2) is 27.0 Å². The van der Waals surface area contributed by atoms with Crippen molar-refractivity contribution in [2.75, 3.05) is 37.6 Å². The standard InChI is InChI=1S/C28H30N4O6S/c1-5-38-21-9-7-19(8-10-21)29-28(33)22-15-23(18-6-11-24(36-3)25(14-18)37-4)30-27-26(22)17(2)31-32(27)20-12-13-39(34,35)16-20/h6-11,14-15,20H,5,12-13,16H2,1-4H3,(H,29,33). The van der Waals surface area contributed by atoms with Crippen LogP contribution in [-0.2, 0) is 9.84 Å². The maximum Gasteiger partial charge on any atom is 0.256 e. The smallest absolute Gasteiger partial charge is 0.256 e. The van der Waals surface area contributed by atoms with Crippen molar-refractivity contribution in [1.29, 1.82) is 0 Å². The molecule has 1 atom stereocenters. The third-order valence-electron chi connectivity index (χ3n) is 6.74. The SMILES string of the molecule is CCOc1ccc(NC(=O)c2cc(-c3ccc(OC)c(OC)c3)nc3c2c(C)nn3C2CCS(=O)(=O)C2)cc1. The largest absolute Gasteiger partial charge is 0.494 e. The topological polar surface area (TPSA) is 122 Å². The predicted molar refractivity (Wildman–Crippen MR) is 149 cm³/mol. The normalized spacial score (nSPS) is 16.3. The van der Waals surface area contributed by atoms with Gasteiger partial charge in [-0.25, -0.2) is 18.1 Å². The molecule has 1 aliphatic heterocycles. The molecular weight excluding hydrogens is 520 g/mol. The van der Waals surface area contributed by atoms with Gasteiger partial charge in [-0.3, -0.25) is 4.79 Å². The van der Waals surface area contributed by atoms with Crippen LogP contribution in [0, 0.1) is 6.92 Å². The van der Waals surface area contributed by atoms with E-state index in [1.54, 1.807) is 68.3 Å². The molecule has 1 unspecified atom stereocenters. The first-order chi connectivity index (χ1) is 18.7. The number of nitrogens with one attached hydrogen (secondary N) is 1. The van der Waals surface area contributed by atoms with Crippen LogP contribution < -0.4 is 19.5 Å². The number of ether oxygens (including phenoxy) is 3. The van der Waals surface area contributed by atoms with Crippen molar-refractivity contribution < 1.29 is 27.4 Å². The molecule has 0 spiro atoms. The Bertz CT molecular complexity index is 1650. The van der Waals surface area contributed by atoms with E-state index in [0.717, 1.165) is 0 Å². The third-order valence-corrected chi connectivity index (χ3v) is 8.49. The lowest BCUT2D eigenvalue weighted by molar-refractivity contribution is 0.102. The van der Waals surface area contributed by atoms with E-state index in [4.69, 9.17) is 19.2 Å². The summed E-state index contributed by atoms with van der Waals surface area (Å²) >= 11 is 0. The monoisotopic (exact) mass is 550 g/mol. The molecule has 3 heterocycles. The molecule has 10 nitrogen and oxygen atoms in total. The number of methoxy groups -OCH3 is 2. The lowest BCUT2D eigenvalue weighted by Gasteiger charge is -2.14. The van der Waals surface area contributed by atoms with Crippen molar-refractivity contribution in [3.63, 3.8) is 0 Å². The molecule has 0 radical (unpaired) electrons. The highest BCUT2D eigenvalue weighted by atomic mass is 32.2. The summed E-state index contributed by atoms with van der Waals surface area (Å²) in [6.45, 7) is 4.25. The highest BCUT2D eigenvalue weighted by Crippen LogP contribution is 2.35. The zero-order chi connectivity index (χ0) is 27.7. The lowest BCUT2D eigenvalue weighted by atomic mass is 10.0. The molecule has 39 heavy (non-hydrogen) atoms. The third kappa shape index (κ3) is 5.26. The van der Waals surface area contributed by atoms with Crippen molar-refractivity contribution >= 4 is 32.5 Å². The lowest BCUT2D eigenvalue weighted by Crippen LogP contribution is -2.15. The summed E-state index contributed by atoms with van der Waals surface area (Å²) in [5, 5.41) is 8.20. The molecule has 0 bridgehead atoms. The number of fused-ring (bicyclic) bond motifs is 1. The van der Waals surface area contributed by atoms with E-state index in [0.29, 0.717) is 69.5 Å². The number of amides is 1. The molecule has 1 aliphatic rings. The van der Waals surface area contributed by atoms with Gasteiger partial charge in [0.2, 0.25) is 0 Å². The van der Waals surface area contributed by atoms with Gasteiger partial charge in [0.1, 0.15) is 5.75 Å². The van der Waals surface area contributed by atoms with Crippen LogP contribution in [0.3, 0.4) is 0 Å². The Morgan fingerprint density at radius 1 is 1.08 bits per heavy atom. The molecule has 11 heteroatoms. The molecular formula is C28H30N4O6S. The van der Waals surface area contributed by atoms with Crippen molar-refractivity contribution in [3.05, 3.63) is 59.8 Å². The van der Waals surface area contributed by atoms with Crippen molar-refractivity contribution in [1.82, 2.24) is 14.8 Å². The van der Waals surface area contributed by atoms with E-state index in [1.807, 2.05) is 13.0 Å². The van der Waals surface area contributed by atoms with Crippen LogP contribution in [0.5, 0.6) is 17.2 Å². The molecule has 2 aromatic carbocycles. The minimum absolute atomic E-state index is 0.0147. The van der Waals surface area contributed by atoms with E-state index in [2.05, 4.69) is 10.4 Å². The number of sulfone groups is 1. The number of nitrogens with zero attached hydrogens (tertiary/aromatic N) is 3. The van der Waals surface area contributed by atoms with Gasteiger partial charge in [0.25, 0.3) is 5.91 Å². The fourth-order valence-electron chi connectivity index (χ4n) is 4.86. The average Bonchev–Trinajstić information content (AvgIpc) is 3.47. The predicted octanol–water partition coefficient (Wildman–Crippen LogP) is 4.43. The number of benzene rings is 2. The molecule has 0 aliphatic carbocycles. The molecule has 0 saturated carbocycles. The molecule has 1 N–H and O–H groups in total. The zero-order valence-corrected chi connectivity index (χ0v) is 23.0. The van der Waals surface area contributed by atoms with Gasteiger partial charge in [-0.05, 0) is 68.8 Å². The number of rotatable bonds is 8. The number of aryl methyl sites for hydroxylation is 1. The number of hydrogen-bond donors (Lipinski definition) is 1. The fraction of sp³-hybridized carbons (Fsp3) is 0.321. The summed E-state index contributed by atoms with van der Waals surface area (Å²) in [4.78, 5) is 18.6. The Hall–Kier alpha value is -4.12. The van der Waals surface area contributed by atoms with E-state index in [1.165, 1.54) is 0 Å². The van der Waals surface area contributed by atoms with Crippen molar-refractivity contribution in [3.8, 4) is 28.5 Å². The second kappa shape index (κ2) is 10.6. The highest BCUT2D eigenvalue weighted by molar-refractivity contribution is 7.91. The number of carbonyl (C=O) groups is 1. The van der Waals surface area contributed by atoms with Gasteiger partial charge in [-0.15, -0.1) is 0 Å².